The van der Waals surface area contributed by atoms with E-state index in [0.717, 1.165) is 12.8 Å². The molecule has 1 rings (SSSR count). The highest BCUT2D eigenvalue weighted by molar-refractivity contribution is 6.34. The first-order valence-electron chi connectivity index (χ1n) is 5.27. The summed E-state index contributed by atoms with van der Waals surface area (Å²) >= 11 is 17.5. The highest BCUT2D eigenvalue weighted by Gasteiger charge is 2.05. The van der Waals surface area contributed by atoms with Gasteiger partial charge >= 0.3 is 0 Å². The molecule has 1 atom stereocenters. The van der Waals surface area contributed by atoms with Gasteiger partial charge < -0.3 is 4.74 Å². The van der Waals surface area contributed by atoms with E-state index in [-0.39, 0.29) is 0 Å². The zero-order valence-corrected chi connectivity index (χ0v) is 11.4. The first kappa shape index (κ1) is 14.0. The van der Waals surface area contributed by atoms with Crippen molar-refractivity contribution >= 4 is 34.8 Å². The second-order valence-corrected chi connectivity index (χ2v) is 5.02. The number of ether oxygens (including phenoxy) is 1. The highest BCUT2D eigenvalue weighted by Crippen LogP contribution is 2.28. The maximum Gasteiger partial charge on any atom is 0.139 e. The van der Waals surface area contributed by atoms with Crippen molar-refractivity contribution in [1.82, 2.24) is 0 Å². The minimum Gasteiger partial charge on any atom is -0.492 e. The Morgan fingerprint density at radius 2 is 2.00 bits per heavy atom. The van der Waals surface area contributed by atoms with Gasteiger partial charge in [0.1, 0.15) is 5.75 Å². The molecule has 4 heteroatoms. The average molecular weight is 282 g/mol. The minimum atomic E-state index is 0.565. The Morgan fingerprint density at radius 3 is 2.69 bits per heavy atom. The van der Waals surface area contributed by atoms with Crippen LogP contribution < -0.4 is 4.74 Å². The van der Waals surface area contributed by atoms with Gasteiger partial charge in [-0.15, -0.1) is 11.6 Å². The second kappa shape index (κ2) is 7.26. The topological polar surface area (TPSA) is 9.23 Å². The largest absolute Gasteiger partial charge is 0.492 e. The Bertz CT molecular complexity index is 328. The van der Waals surface area contributed by atoms with Crippen molar-refractivity contribution in [3.63, 3.8) is 0 Å². The zero-order chi connectivity index (χ0) is 12.0. The van der Waals surface area contributed by atoms with Crippen molar-refractivity contribution < 1.29 is 4.74 Å². The van der Waals surface area contributed by atoms with Gasteiger partial charge in [0.05, 0.1) is 11.6 Å². The summed E-state index contributed by atoms with van der Waals surface area (Å²) in [7, 11) is 0. The molecule has 0 bridgehead atoms. The molecule has 0 aromatic heterocycles. The maximum atomic E-state index is 5.97. The van der Waals surface area contributed by atoms with Crippen LogP contribution in [0.2, 0.25) is 10.0 Å². The molecule has 1 unspecified atom stereocenters. The fourth-order valence-electron chi connectivity index (χ4n) is 1.29. The average Bonchev–Trinajstić information content (AvgIpc) is 2.23. The van der Waals surface area contributed by atoms with E-state index in [9.17, 15) is 0 Å². The van der Waals surface area contributed by atoms with Gasteiger partial charge in [0, 0.05) is 17.0 Å². The van der Waals surface area contributed by atoms with E-state index in [0.29, 0.717) is 34.2 Å². The van der Waals surface area contributed by atoms with Crippen LogP contribution in [0, 0.1) is 5.92 Å². The Balaban J connectivity index is 2.39. The highest BCUT2D eigenvalue weighted by atomic mass is 35.5. The fraction of sp³-hybridized carbons (Fsp3) is 0.500. The van der Waals surface area contributed by atoms with Crippen LogP contribution in [0.15, 0.2) is 18.2 Å². The Labute approximate surface area is 112 Å². The minimum absolute atomic E-state index is 0.565. The zero-order valence-electron chi connectivity index (χ0n) is 9.18. The molecule has 0 N–H and O–H groups in total. The molecular weight excluding hydrogens is 266 g/mol. The van der Waals surface area contributed by atoms with Gasteiger partial charge in [-0.05, 0) is 30.9 Å². The predicted molar refractivity (Wildman–Crippen MR) is 71.1 cm³/mol. The number of benzene rings is 1. The second-order valence-electron chi connectivity index (χ2n) is 3.79. The van der Waals surface area contributed by atoms with Crippen LogP contribution in [-0.2, 0) is 0 Å². The van der Waals surface area contributed by atoms with Crippen LogP contribution in [-0.4, -0.2) is 12.5 Å². The Kier molecular flexibility index (Phi) is 6.33. The standard InChI is InChI=1S/C12H15Cl3O/c1-9(4-6-13)5-7-16-12-8-10(14)2-3-11(12)15/h2-3,8-9H,4-7H2,1H3. The van der Waals surface area contributed by atoms with E-state index in [1.165, 1.54) is 0 Å². The molecule has 1 aromatic rings. The van der Waals surface area contributed by atoms with Crippen LogP contribution in [0.25, 0.3) is 0 Å². The Hall–Kier alpha value is -0.110. The normalized spacial score (nSPS) is 12.5. The number of alkyl halides is 1. The fourth-order valence-corrected chi connectivity index (χ4v) is 2.00. The summed E-state index contributed by atoms with van der Waals surface area (Å²) in [6.07, 6.45) is 1.98. The van der Waals surface area contributed by atoms with Crippen molar-refractivity contribution in [2.75, 3.05) is 12.5 Å². The van der Waals surface area contributed by atoms with Crippen molar-refractivity contribution in [3.05, 3.63) is 28.2 Å². The lowest BCUT2D eigenvalue weighted by molar-refractivity contribution is 0.282. The monoisotopic (exact) mass is 280 g/mol. The van der Waals surface area contributed by atoms with Crippen LogP contribution in [0.1, 0.15) is 19.8 Å². The van der Waals surface area contributed by atoms with Crippen molar-refractivity contribution in [2.45, 2.75) is 19.8 Å². The van der Waals surface area contributed by atoms with Gasteiger partial charge in [0.15, 0.2) is 0 Å². The number of halogens is 3. The SMILES string of the molecule is CC(CCCl)CCOc1cc(Cl)ccc1Cl. The summed E-state index contributed by atoms with van der Waals surface area (Å²) < 4.78 is 5.58. The molecule has 0 amide bonds. The summed E-state index contributed by atoms with van der Waals surface area (Å²) in [5, 5.41) is 1.22. The van der Waals surface area contributed by atoms with Gasteiger partial charge in [0.2, 0.25) is 0 Å². The molecule has 0 aliphatic carbocycles. The quantitative estimate of drug-likeness (QED) is 0.665. The molecule has 0 saturated carbocycles. The molecule has 90 valence electrons. The Morgan fingerprint density at radius 1 is 1.25 bits per heavy atom. The maximum absolute atomic E-state index is 5.97. The number of hydrogen-bond donors (Lipinski definition) is 0. The third kappa shape index (κ3) is 4.82. The van der Waals surface area contributed by atoms with E-state index in [1.807, 2.05) is 0 Å². The van der Waals surface area contributed by atoms with Gasteiger partial charge in [-0.25, -0.2) is 0 Å². The smallest absolute Gasteiger partial charge is 0.139 e. The van der Waals surface area contributed by atoms with Crippen LogP contribution >= 0.6 is 34.8 Å². The van der Waals surface area contributed by atoms with E-state index >= 15 is 0 Å². The molecule has 0 radical (unpaired) electrons. The van der Waals surface area contributed by atoms with Gasteiger partial charge in [-0.2, -0.15) is 0 Å². The first-order chi connectivity index (χ1) is 7.63. The molecule has 0 fully saturated rings. The molecule has 1 aromatic carbocycles. The summed E-state index contributed by atoms with van der Waals surface area (Å²) in [5.74, 6) is 1.90. The summed E-state index contributed by atoms with van der Waals surface area (Å²) in [5.41, 5.74) is 0. The molecule has 0 saturated heterocycles. The summed E-state index contributed by atoms with van der Waals surface area (Å²) in [4.78, 5) is 0. The van der Waals surface area contributed by atoms with E-state index in [1.54, 1.807) is 18.2 Å². The molecule has 16 heavy (non-hydrogen) atoms. The van der Waals surface area contributed by atoms with E-state index in [4.69, 9.17) is 39.5 Å². The van der Waals surface area contributed by atoms with Gasteiger partial charge in [0.25, 0.3) is 0 Å². The number of hydrogen-bond acceptors (Lipinski definition) is 1. The molecular formula is C12H15Cl3O. The van der Waals surface area contributed by atoms with Crippen LogP contribution in [0.5, 0.6) is 5.75 Å². The van der Waals surface area contributed by atoms with Gasteiger partial charge in [-0.3, -0.25) is 0 Å². The lowest BCUT2D eigenvalue weighted by Crippen LogP contribution is -2.05. The lowest BCUT2D eigenvalue weighted by atomic mass is 10.1. The molecule has 1 nitrogen and oxygen atoms in total. The molecule has 0 heterocycles. The summed E-state index contributed by atoms with van der Waals surface area (Å²) in [6, 6.07) is 5.21. The van der Waals surface area contributed by atoms with Crippen molar-refractivity contribution in [1.29, 1.82) is 0 Å². The molecule has 0 aliphatic heterocycles. The van der Waals surface area contributed by atoms with Crippen molar-refractivity contribution in [2.24, 2.45) is 5.92 Å². The van der Waals surface area contributed by atoms with Gasteiger partial charge in [-0.1, -0.05) is 30.1 Å². The third-order valence-electron chi connectivity index (χ3n) is 2.36. The van der Waals surface area contributed by atoms with E-state index in [2.05, 4.69) is 6.92 Å². The first-order valence-corrected chi connectivity index (χ1v) is 6.56. The van der Waals surface area contributed by atoms with Crippen molar-refractivity contribution in [3.8, 4) is 5.75 Å². The lowest BCUT2D eigenvalue weighted by Gasteiger charge is -2.11. The van der Waals surface area contributed by atoms with Crippen LogP contribution in [0.4, 0.5) is 0 Å². The van der Waals surface area contributed by atoms with Crippen LogP contribution in [0.3, 0.4) is 0 Å². The molecule has 0 aliphatic rings. The number of rotatable bonds is 6. The third-order valence-corrected chi connectivity index (χ3v) is 3.13. The molecule has 0 spiro atoms. The van der Waals surface area contributed by atoms with E-state index < -0.39 is 0 Å². The predicted octanol–water partition coefficient (Wildman–Crippen LogP) is 5.03. The summed E-state index contributed by atoms with van der Waals surface area (Å²) in [6.45, 7) is 2.80.